The zero-order chi connectivity index (χ0) is 18.7. The Balaban J connectivity index is 1.57. The maximum absolute atomic E-state index is 13.4. The fraction of sp³-hybridized carbons (Fsp3) is 0.182. The molecule has 1 aromatic carbocycles. The third kappa shape index (κ3) is 2.24. The van der Waals surface area contributed by atoms with E-state index in [1.165, 1.54) is 4.88 Å². The van der Waals surface area contributed by atoms with Gasteiger partial charge in [-0.1, -0.05) is 24.3 Å². The maximum atomic E-state index is 13.4. The summed E-state index contributed by atoms with van der Waals surface area (Å²) in [6, 6.07) is 16.0. The molecule has 0 radical (unpaired) electrons. The Morgan fingerprint density at radius 2 is 2.07 bits per heavy atom. The van der Waals surface area contributed by atoms with Gasteiger partial charge in [0.25, 0.3) is 0 Å². The number of aromatic nitrogens is 2. The van der Waals surface area contributed by atoms with E-state index >= 15 is 0 Å². The van der Waals surface area contributed by atoms with E-state index < -0.39 is 0 Å². The molecule has 0 fully saturated rings. The fourth-order valence-corrected chi connectivity index (χ4v) is 5.34. The van der Waals surface area contributed by atoms with Crippen LogP contribution in [0.2, 0.25) is 0 Å². The summed E-state index contributed by atoms with van der Waals surface area (Å²) in [6.45, 7) is 0. The molecular formula is C22H17N3O2S. The molecule has 1 aliphatic heterocycles. The van der Waals surface area contributed by atoms with Crippen LogP contribution in [0.15, 0.2) is 76.4 Å². The Hall–Kier alpha value is -3.12. The molecule has 138 valence electrons. The first-order valence-electron chi connectivity index (χ1n) is 9.35. The number of rotatable bonds is 2. The number of carbonyl (C=O) groups excluding carboxylic acids is 1. The van der Waals surface area contributed by atoms with Gasteiger partial charge in [0.2, 0.25) is 5.95 Å². The number of allylic oxidation sites excluding steroid dienone is 2. The number of nitrogens with one attached hydrogen (secondary N) is 1. The Bertz CT molecular complexity index is 1200. The lowest BCUT2D eigenvalue weighted by atomic mass is 9.78. The number of anilines is 1. The minimum Gasteiger partial charge on any atom is -0.469 e. The lowest BCUT2D eigenvalue weighted by molar-refractivity contribution is -0.123. The van der Waals surface area contributed by atoms with Crippen LogP contribution in [0.25, 0.3) is 11.0 Å². The van der Waals surface area contributed by atoms with Gasteiger partial charge in [-0.05, 0) is 35.7 Å². The van der Waals surface area contributed by atoms with Crippen LogP contribution in [0.1, 0.15) is 29.0 Å². The standard InChI is InChI=1S/C22H17N3O2S/c26-17-12-13(18-7-3-9-27-18)11-15-20(17)21(19-8-4-10-28-19)25-16-6-2-1-5-14(16)23-22(25)24-15/h1-11,13,20-21H,12H2,(H,23,24)/t13-,20-,21+/m1/s1. The summed E-state index contributed by atoms with van der Waals surface area (Å²) in [6.07, 6.45) is 4.26. The predicted molar refractivity (Wildman–Crippen MR) is 108 cm³/mol. The normalized spacial score (nSPS) is 23.8. The number of thiophene rings is 1. The number of ketones is 1. The van der Waals surface area contributed by atoms with Crippen molar-refractivity contribution in [1.29, 1.82) is 0 Å². The summed E-state index contributed by atoms with van der Waals surface area (Å²) in [5, 5.41) is 5.53. The predicted octanol–water partition coefficient (Wildman–Crippen LogP) is 4.96. The molecule has 1 aliphatic carbocycles. The van der Waals surface area contributed by atoms with E-state index in [2.05, 4.69) is 33.5 Å². The summed E-state index contributed by atoms with van der Waals surface area (Å²) in [5.74, 6) is 1.56. The fourth-order valence-electron chi connectivity index (χ4n) is 4.49. The van der Waals surface area contributed by atoms with E-state index in [4.69, 9.17) is 9.40 Å². The Morgan fingerprint density at radius 3 is 2.89 bits per heavy atom. The van der Waals surface area contributed by atoms with Crippen molar-refractivity contribution >= 4 is 34.1 Å². The number of hydrogen-bond acceptors (Lipinski definition) is 5. The molecule has 6 heteroatoms. The van der Waals surface area contributed by atoms with E-state index in [1.54, 1.807) is 17.6 Å². The zero-order valence-corrected chi connectivity index (χ0v) is 15.7. The molecule has 28 heavy (non-hydrogen) atoms. The smallest absolute Gasteiger partial charge is 0.208 e. The van der Waals surface area contributed by atoms with Gasteiger partial charge in [0, 0.05) is 22.9 Å². The third-order valence-corrected chi connectivity index (χ3v) is 6.62. The van der Waals surface area contributed by atoms with Gasteiger partial charge in [-0.25, -0.2) is 4.98 Å². The quantitative estimate of drug-likeness (QED) is 0.528. The van der Waals surface area contributed by atoms with E-state index in [1.807, 2.05) is 36.4 Å². The largest absolute Gasteiger partial charge is 0.469 e. The molecule has 0 spiro atoms. The highest BCUT2D eigenvalue weighted by Crippen LogP contribution is 2.47. The average Bonchev–Trinajstić information content (AvgIpc) is 3.46. The van der Waals surface area contributed by atoms with Crippen LogP contribution in [-0.4, -0.2) is 15.3 Å². The van der Waals surface area contributed by atoms with Gasteiger partial charge in [0.15, 0.2) is 0 Å². The van der Waals surface area contributed by atoms with E-state index in [0.29, 0.717) is 6.42 Å². The minimum absolute atomic E-state index is 0.0406. The van der Waals surface area contributed by atoms with Crippen molar-refractivity contribution in [1.82, 2.24) is 9.55 Å². The highest BCUT2D eigenvalue weighted by Gasteiger charge is 2.44. The van der Waals surface area contributed by atoms with Crippen LogP contribution in [0, 0.1) is 5.92 Å². The lowest BCUT2D eigenvalue weighted by Gasteiger charge is -2.38. The number of furan rings is 1. The highest BCUT2D eigenvalue weighted by molar-refractivity contribution is 7.10. The second kappa shape index (κ2) is 5.94. The van der Waals surface area contributed by atoms with Crippen LogP contribution in [0.3, 0.4) is 0 Å². The summed E-state index contributed by atoms with van der Waals surface area (Å²) >= 11 is 1.69. The van der Waals surface area contributed by atoms with Crippen molar-refractivity contribution < 1.29 is 9.21 Å². The summed E-state index contributed by atoms with van der Waals surface area (Å²) in [4.78, 5) is 19.3. The highest BCUT2D eigenvalue weighted by atomic mass is 32.1. The number of fused-ring (bicyclic) bond motifs is 4. The molecular weight excluding hydrogens is 370 g/mol. The van der Waals surface area contributed by atoms with Crippen LogP contribution < -0.4 is 5.32 Å². The first kappa shape index (κ1) is 15.9. The summed E-state index contributed by atoms with van der Waals surface area (Å²) < 4.78 is 7.76. The van der Waals surface area contributed by atoms with Crippen molar-refractivity contribution in [3.05, 3.63) is 82.6 Å². The van der Waals surface area contributed by atoms with Crippen molar-refractivity contribution in [3.63, 3.8) is 0 Å². The number of para-hydroxylation sites is 2. The molecule has 0 saturated carbocycles. The molecule has 0 bridgehead atoms. The van der Waals surface area contributed by atoms with Gasteiger partial charge in [0.05, 0.1) is 29.3 Å². The monoisotopic (exact) mass is 387 g/mol. The second-order valence-corrected chi connectivity index (χ2v) is 8.25. The first-order chi connectivity index (χ1) is 13.8. The second-order valence-electron chi connectivity index (χ2n) is 7.27. The van der Waals surface area contributed by atoms with E-state index in [-0.39, 0.29) is 23.7 Å². The summed E-state index contributed by atoms with van der Waals surface area (Å²) in [7, 11) is 0. The molecule has 0 amide bonds. The van der Waals surface area contributed by atoms with Crippen LogP contribution >= 0.6 is 11.3 Å². The maximum Gasteiger partial charge on any atom is 0.208 e. The number of Topliss-reactive ketones (excluding diaryl/α,β-unsaturated/α-hetero) is 1. The van der Waals surface area contributed by atoms with Crippen molar-refractivity contribution in [3.8, 4) is 0 Å². The lowest BCUT2D eigenvalue weighted by Crippen LogP contribution is -2.39. The number of benzene rings is 1. The molecule has 0 saturated heterocycles. The molecule has 5 nitrogen and oxygen atoms in total. The Kier molecular flexibility index (Phi) is 3.37. The average molecular weight is 387 g/mol. The zero-order valence-electron chi connectivity index (χ0n) is 14.9. The molecule has 0 unspecified atom stereocenters. The van der Waals surface area contributed by atoms with E-state index in [9.17, 15) is 4.79 Å². The van der Waals surface area contributed by atoms with Crippen molar-refractivity contribution in [2.24, 2.45) is 5.92 Å². The summed E-state index contributed by atoms with van der Waals surface area (Å²) in [5.41, 5.74) is 2.91. The topological polar surface area (TPSA) is 60.1 Å². The molecule has 3 aromatic heterocycles. The SMILES string of the molecule is O=C1C[C@H](c2ccco2)C=C2Nc3nc4ccccc4n3[C@@H](c3cccs3)[C@@H]12. The van der Waals surface area contributed by atoms with Gasteiger partial charge in [-0.2, -0.15) is 0 Å². The van der Waals surface area contributed by atoms with Gasteiger partial charge in [-0.3, -0.25) is 4.79 Å². The van der Waals surface area contributed by atoms with Crippen LogP contribution in [0.4, 0.5) is 5.95 Å². The Morgan fingerprint density at radius 1 is 1.14 bits per heavy atom. The number of imidazole rings is 1. The molecule has 2 aliphatic rings. The molecule has 3 atom stereocenters. The van der Waals surface area contributed by atoms with E-state index in [0.717, 1.165) is 28.4 Å². The minimum atomic E-state index is -0.241. The van der Waals surface area contributed by atoms with Crippen LogP contribution in [-0.2, 0) is 4.79 Å². The number of carbonyl (C=O) groups is 1. The number of hydrogen-bond donors (Lipinski definition) is 1. The third-order valence-electron chi connectivity index (χ3n) is 5.67. The first-order valence-corrected chi connectivity index (χ1v) is 10.2. The Labute approximate surface area is 165 Å². The number of nitrogens with zero attached hydrogens (tertiary/aromatic N) is 2. The van der Waals surface area contributed by atoms with Gasteiger partial charge in [0.1, 0.15) is 11.5 Å². The van der Waals surface area contributed by atoms with Crippen molar-refractivity contribution in [2.45, 2.75) is 18.4 Å². The van der Waals surface area contributed by atoms with Gasteiger partial charge < -0.3 is 14.3 Å². The molecule has 1 N–H and O–H groups in total. The molecule has 4 heterocycles. The van der Waals surface area contributed by atoms with Gasteiger partial charge in [-0.15, -0.1) is 11.3 Å². The van der Waals surface area contributed by atoms with Crippen molar-refractivity contribution in [2.75, 3.05) is 5.32 Å². The van der Waals surface area contributed by atoms with Gasteiger partial charge >= 0.3 is 0 Å². The molecule has 6 rings (SSSR count). The van der Waals surface area contributed by atoms with Crippen LogP contribution in [0.5, 0.6) is 0 Å². The molecule has 4 aromatic rings.